The van der Waals surface area contributed by atoms with Crippen LogP contribution in [-0.2, 0) is 4.79 Å². The van der Waals surface area contributed by atoms with Crippen LogP contribution in [0.5, 0.6) is 0 Å². The number of carbonyl (C=O) groups excluding carboxylic acids is 1. The molecule has 1 atom stereocenters. The van der Waals surface area contributed by atoms with Gasteiger partial charge >= 0.3 is 0 Å². The number of amides is 1. The molecule has 21 heavy (non-hydrogen) atoms. The van der Waals surface area contributed by atoms with Crippen molar-refractivity contribution in [1.82, 2.24) is 0 Å². The van der Waals surface area contributed by atoms with Gasteiger partial charge in [-0.2, -0.15) is 0 Å². The lowest BCUT2D eigenvalue weighted by Crippen LogP contribution is -2.96. The summed E-state index contributed by atoms with van der Waals surface area (Å²) in [6, 6.07) is 5.55. The lowest BCUT2D eigenvalue weighted by molar-refractivity contribution is -0.707. The second-order valence-corrected chi connectivity index (χ2v) is 6.69. The van der Waals surface area contributed by atoms with Crippen molar-refractivity contribution in [2.75, 3.05) is 5.32 Å². The standard InChI is InChI=1S/C16H22Cl2N2O/c1-11(19-13-6-4-2-3-5-7-13)16(21)20-15-9-8-12(17)10-14(15)18/h8-11,13,19H,2-7H2,1H3,(H,20,21)/p+1/t11-/m1/s1. The molecule has 1 aliphatic carbocycles. The van der Waals surface area contributed by atoms with Crippen molar-refractivity contribution in [2.24, 2.45) is 0 Å². The molecule has 1 aliphatic rings. The van der Waals surface area contributed by atoms with E-state index in [1.165, 1.54) is 38.5 Å². The molecule has 0 unspecified atom stereocenters. The maximum Gasteiger partial charge on any atom is 0.282 e. The fourth-order valence-electron chi connectivity index (χ4n) is 2.84. The van der Waals surface area contributed by atoms with Gasteiger partial charge in [-0.25, -0.2) is 0 Å². The van der Waals surface area contributed by atoms with Gasteiger partial charge in [0.05, 0.1) is 16.8 Å². The summed E-state index contributed by atoms with van der Waals surface area (Å²) in [4.78, 5) is 12.3. The molecule has 0 aliphatic heterocycles. The van der Waals surface area contributed by atoms with Crippen LogP contribution in [0.2, 0.25) is 10.0 Å². The minimum Gasteiger partial charge on any atom is -0.334 e. The molecule has 0 radical (unpaired) electrons. The number of nitrogens with one attached hydrogen (secondary N) is 1. The second-order valence-electron chi connectivity index (χ2n) is 5.85. The number of anilines is 1. The first-order valence-corrected chi connectivity index (χ1v) is 8.43. The Balaban J connectivity index is 1.89. The zero-order chi connectivity index (χ0) is 15.2. The van der Waals surface area contributed by atoms with Crippen molar-refractivity contribution in [3.05, 3.63) is 28.2 Å². The van der Waals surface area contributed by atoms with Crippen molar-refractivity contribution in [3.8, 4) is 0 Å². The highest BCUT2D eigenvalue weighted by Gasteiger charge is 2.23. The van der Waals surface area contributed by atoms with E-state index in [0.717, 1.165) is 0 Å². The molecule has 3 nitrogen and oxygen atoms in total. The summed E-state index contributed by atoms with van der Waals surface area (Å²) in [6.07, 6.45) is 7.62. The predicted octanol–water partition coefficient (Wildman–Crippen LogP) is 3.61. The molecule has 0 bridgehead atoms. The smallest absolute Gasteiger partial charge is 0.282 e. The van der Waals surface area contributed by atoms with Crippen LogP contribution in [0.1, 0.15) is 45.4 Å². The molecule has 3 N–H and O–H groups in total. The summed E-state index contributed by atoms with van der Waals surface area (Å²) >= 11 is 11.9. The van der Waals surface area contributed by atoms with Gasteiger partial charge < -0.3 is 10.6 Å². The highest BCUT2D eigenvalue weighted by atomic mass is 35.5. The molecule has 1 fully saturated rings. The van der Waals surface area contributed by atoms with Crippen LogP contribution in [0, 0.1) is 0 Å². The van der Waals surface area contributed by atoms with Crippen LogP contribution >= 0.6 is 23.2 Å². The van der Waals surface area contributed by atoms with Gasteiger partial charge in [0.25, 0.3) is 5.91 Å². The molecule has 5 heteroatoms. The van der Waals surface area contributed by atoms with Crippen LogP contribution in [-0.4, -0.2) is 18.0 Å². The predicted molar refractivity (Wildman–Crippen MR) is 88.0 cm³/mol. The normalized spacial score (nSPS) is 18.0. The van der Waals surface area contributed by atoms with Crippen molar-refractivity contribution >= 4 is 34.8 Å². The Hall–Kier alpha value is -0.770. The largest absolute Gasteiger partial charge is 0.334 e. The van der Waals surface area contributed by atoms with Crippen LogP contribution in [0.15, 0.2) is 18.2 Å². The first-order valence-electron chi connectivity index (χ1n) is 7.67. The van der Waals surface area contributed by atoms with Crippen LogP contribution < -0.4 is 10.6 Å². The maximum absolute atomic E-state index is 12.3. The summed E-state index contributed by atoms with van der Waals surface area (Å²) < 4.78 is 0. The van der Waals surface area contributed by atoms with E-state index in [1.807, 2.05) is 6.92 Å². The third kappa shape index (κ3) is 5.17. The van der Waals surface area contributed by atoms with Gasteiger partial charge in [0.15, 0.2) is 6.04 Å². The Bertz CT molecular complexity index is 485. The van der Waals surface area contributed by atoms with Gasteiger partial charge in [-0.15, -0.1) is 0 Å². The molecule has 0 spiro atoms. The number of hydrogen-bond acceptors (Lipinski definition) is 1. The molecule has 1 aromatic rings. The van der Waals surface area contributed by atoms with E-state index in [9.17, 15) is 4.79 Å². The maximum atomic E-state index is 12.3. The summed E-state index contributed by atoms with van der Waals surface area (Å²) in [5, 5.41) is 6.12. The molecular formula is C16H23Cl2N2O+. The van der Waals surface area contributed by atoms with Crippen LogP contribution in [0.25, 0.3) is 0 Å². The quantitative estimate of drug-likeness (QED) is 0.814. The van der Waals surface area contributed by atoms with E-state index in [-0.39, 0.29) is 11.9 Å². The number of nitrogens with two attached hydrogens (primary N) is 1. The highest BCUT2D eigenvalue weighted by Crippen LogP contribution is 2.25. The van der Waals surface area contributed by atoms with Gasteiger partial charge in [0.1, 0.15) is 0 Å². The molecule has 0 saturated heterocycles. The van der Waals surface area contributed by atoms with E-state index in [0.29, 0.717) is 21.8 Å². The van der Waals surface area contributed by atoms with E-state index in [4.69, 9.17) is 23.2 Å². The van der Waals surface area contributed by atoms with Crippen LogP contribution in [0.4, 0.5) is 5.69 Å². The number of hydrogen-bond donors (Lipinski definition) is 2. The monoisotopic (exact) mass is 329 g/mol. The molecule has 1 amide bonds. The first kappa shape index (κ1) is 16.6. The number of rotatable bonds is 4. The average Bonchev–Trinajstić information content (AvgIpc) is 2.70. The summed E-state index contributed by atoms with van der Waals surface area (Å²) in [5.74, 6) is -0.0107. The number of halogens is 2. The summed E-state index contributed by atoms with van der Waals surface area (Å²) in [7, 11) is 0. The molecule has 1 aromatic carbocycles. The minimum atomic E-state index is -0.111. The Morgan fingerprint density at radius 3 is 2.52 bits per heavy atom. The van der Waals surface area contributed by atoms with Gasteiger partial charge in [-0.05, 0) is 50.8 Å². The SMILES string of the molecule is C[C@@H]([NH2+]C1CCCCCC1)C(=O)Nc1ccc(Cl)cc1Cl. The Kier molecular flexibility index (Phi) is 6.34. The summed E-state index contributed by atoms with van der Waals surface area (Å²) in [6.45, 7) is 1.95. The topological polar surface area (TPSA) is 45.7 Å². The fraction of sp³-hybridized carbons (Fsp3) is 0.562. The molecule has 0 heterocycles. The third-order valence-electron chi connectivity index (χ3n) is 4.06. The van der Waals surface area contributed by atoms with Crippen molar-refractivity contribution in [1.29, 1.82) is 0 Å². The van der Waals surface area contributed by atoms with Gasteiger partial charge in [0.2, 0.25) is 0 Å². The number of benzene rings is 1. The Morgan fingerprint density at radius 2 is 1.90 bits per heavy atom. The van der Waals surface area contributed by atoms with Gasteiger partial charge in [-0.1, -0.05) is 36.0 Å². The highest BCUT2D eigenvalue weighted by molar-refractivity contribution is 6.36. The van der Waals surface area contributed by atoms with E-state index in [2.05, 4.69) is 10.6 Å². The molecule has 1 saturated carbocycles. The Morgan fingerprint density at radius 1 is 1.24 bits per heavy atom. The Labute approximate surface area is 136 Å². The molecule has 0 aromatic heterocycles. The molecule has 116 valence electrons. The molecular weight excluding hydrogens is 307 g/mol. The van der Waals surface area contributed by atoms with E-state index < -0.39 is 0 Å². The third-order valence-corrected chi connectivity index (χ3v) is 4.61. The lowest BCUT2D eigenvalue weighted by Gasteiger charge is -2.18. The van der Waals surface area contributed by atoms with Gasteiger partial charge in [0, 0.05) is 5.02 Å². The molecule has 2 rings (SSSR count). The van der Waals surface area contributed by atoms with E-state index in [1.54, 1.807) is 18.2 Å². The lowest BCUT2D eigenvalue weighted by atomic mass is 10.1. The number of quaternary nitrogens is 1. The van der Waals surface area contributed by atoms with Gasteiger partial charge in [-0.3, -0.25) is 4.79 Å². The van der Waals surface area contributed by atoms with Crippen LogP contribution in [0.3, 0.4) is 0 Å². The summed E-state index contributed by atoms with van der Waals surface area (Å²) in [5.41, 5.74) is 0.618. The first-order chi connectivity index (χ1) is 10.1. The zero-order valence-electron chi connectivity index (χ0n) is 12.4. The van der Waals surface area contributed by atoms with Crippen molar-refractivity contribution < 1.29 is 10.1 Å². The van der Waals surface area contributed by atoms with Crippen molar-refractivity contribution in [2.45, 2.75) is 57.5 Å². The average molecular weight is 330 g/mol. The minimum absolute atomic E-state index is 0.0107. The number of carbonyl (C=O) groups is 1. The van der Waals surface area contributed by atoms with E-state index >= 15 is 0 Å². The second kappa shape index (κ2) is 8.02. The van der Waals surface area contributed by atoms with Crippen molar-refractivity contribution in [3.63, 3.8) is 0 Å². The fourth-order valence-corrected chi connectivity index (χ4v) is 3.29. The zero-order valence-corrected chi connectivity index (χ0v) is 13.9.